The van der Waals surface area contributed by atoms with Crippen molar-refractivity contribution < 1.29 is 28.5 Å². The molecule has 0 saturated heterocycles. The van der Waals surface area contributed by atoms with E-state index in [4.69, 9.17) is 9.47 Å². The molecule has 0 aliphatic heterocycles. The number of ether oxygens (including phenoxy) is 4. The van der Waals surface area contributed by atoms with Gasteiger partial charge >= 0.3 is 11.9 Å². The number of hydrogen-bond acceptors (Lipinski definition) is 6. The van der Waals surface area contributed by atoms with Crippen molar-refractivity contribution in [2.75, 3.05) is 28.4 Å². The molecule has 0 rings (SSSR count). The third-order valence-corrected chi connectivity index (χ3v) is 2.27. The van der Waals surface area contributed by atoms with Gasteiger partial charge in [0.05, 0.1) is 14.2 Å². The fraction of sp³-hybridized carbons (Fsp3) is 0.800. The van der Waals surface area contributed by atoms with Crippen molar-refractivity contribution in [2.45, 2.75) is 25.0 Å². The highest BCUT2D eigenvalue weighted by atomic mass is 16.7. The highest BCUT2D eigenvalue weighted by Crippen LogP contribution is 2.21. The molecule has 94 valence electrons. The van der Waals surface area contributed by atoms with E-state index in [1.54, 1.807) is 0 Å². The minimum absolute atomic E-state index is 0.196. The predicted octanol–water partition coefficient (Wildman–Crippen LogP) is 0.492. The molecule has 0 aromatic heterocycles. The van der Waals surface area contributed by atoms with Crippen LogP contribution in [0, 0.1) is 0 Å². The first-order chi connectivity index (χ1) is 7.56. The fourth-order valence-corrected chi connectivity index (χ4v) is 1.28. The Morgan fingerprint density at radius 3 is 1.94 bits per heavy atom. The summed E-state index contributed by atoms with van der Waals surface area (Å²) < 4.78 is 19.1. The van der Waals surface area contributed by atoms with Gasteiger partial charge in [-0.1, -0.05) is 0 Å². The van der Waals surface area contributed by atoms with Crippen molar-refractivity contribution >= 4 is 11.9 Å². The summed E-state index contributed by atoms with van der Waals surface area (Å²) in [5.74, 6) is -2.41. The van der Waals surface area contributed by atoms with E-state index in [0.717, 1.165) is 0 Å². The normalized spacial score (nSPS) is 11.0. The molecule has 6 heteroatoms. The van der Waals surface area contributed by atoms with Crippen molar-refractivity contribution in [1.29, 1.82) is 0 Å². The molecule has 0 aromatic rings. The van der Waals surface area contributed by atoms with E-state index in [1.165, 1.54) is 28.4 Å². The van der Waals surface area contributed by atoms with E-state index in [9.17, 15) is 9.59 Å². The Morgan fingerprint density at radius 1 is 1.00 bits per heavy atom. The Labute approximate surface area is 94.8 Å². The van der Waals surface area contributed by atoms with Gasteiger partial charge in [0.2, 0.25) is 0 Å². The van der Waals surface area contributed by atoms with Crippen LogP contribution < -0.4 is 0 Å². The van der Waals surface area contributed by atoms with Crippen LogP contribution >= 0.6 is 0 Å². The van der Waals surface area contributed by atoms with Crippen LogP contribution in [0.4, 0.5) is 0 Å². The first-order valence-electron chi connectivity index (χ1n) is 4.81. The summed E-state index contributed by atoms with van der Waals surface area (Å²) in [6.07, 6.45) is 0.827. The number of rotatable bonds is 7. The van der Waals surface area contributed by atoms with Gasteiger partial charge in [0, 0.05) is 27.1 Å². The molecule has 16 heavy (non-hydrogen) atoms. The zero-order valence-corrected chi connectivity index (χ0v) is 10.1. The van der Waals surface area contributed by atoms with Crippen molar-refractivity contribution in [1.82, 2.24) is 0 Å². The van der Waals surface area contributed by atoms with E-state index >= 15 is 0 Å². The molecule has 0 heterocycles. The molecule has 0 N–H and O–H groups in total. The predicted molar refractivity (Wildman–Crippen MR) is 54.6 cm³/mol. The van der Waals surface area contributed by atoms with Gasteiger partial charge in [0.25, 0.3) is 5.79 Å². The molecular weight excluding hydrogens is 216 g/mol. The first-order valence-corrected chi connectivity index (χ1v) is 4.81. The summed E-state index contributed by atoms with van der Waals surface area (Å²) in [6.45, 7) is 0. The molecule has 0 aliphatic carbocycles. The van der Waals surface area contributed by atoms with E-state index in [2.05, 4.69) is 9.47 Å². The van der Waals surface area contributed by atoms with Crippen LogP contribution in [0.2, 0.25) is 0 Å². The highest BCUT2D eigenvalue weighted by molar-refractivity contribution is 5.77. The number of methoxy groups -OCH3 is 4. The molecule has 0 radical (unpaired) electrons. The third-order valence-electron chi connectivity index (χ3n) is 2.27. The Hall–Kier alpha value is -1.14. The maximum Gasteiger partial charge on any atom is 0.366 e. The Balaban J connectivity index is 4.33. The molecular formula is C10H18O6. The number of hydrogen-bond donors (Lipinski definition) is 0. The lowest BCUT2D eigenvalue weighted by Crippen LogP contribution is -2.43. The molecule has 0 saturated carbocycles. The van der Waals surface area contributed by atoms with Gasteiger partial charge in [0.1, 0.15) is 0 Å². The SMILES string of the molecule is COC(=O)CCCC(OC)(OC)C(=O)OC. The summed E-state index contributed by atoms with van der Waals surface area (Å²) in [6, 6.07) is 0. The van der Waals surface area contributed by atoms with Crippen LogP contribution in [0.1, 0.15) is 19.3 Å². The summed E-state index contributed by atoms with van der Waals surface area (Å²) in [5, 5.41) is 0. The van der Waals surface area contributed by atoms with Crippen molar-refractivity contribution in [3.05, 3.63) is 0 Å². The fourth-order valence-electron chi connectivity index (χ4n) is 1.28. The molecule has 0 fully saturated rings. The lowest BCUT2D eigenvalue weighted by molar-refractivity contribution is -0.230. The summed E-state index contributed by atoms with van der Waals surface area (Å²) in [7, 11) is 5.25. The largest absolute Gasteiger partial charge is 0.469 e. The lowest BCUT2D eigenvalue weighted by atomic mass is 10.1. The standard InChI is InChI=1S/C10H18O6/c1-13-8(11)6-5-7-10(15-3,16-4)9(12)14-2/h5-7H2,1-4H3. The first kappa shape index (κ1) is 14.9. The maximum absolute atomic E-state index is 11.5. The topological polar surface area (TPSA) is 71.1 Å². The number of esters is 2. The van der Waals surface area contributed by atoms with Gasteiger partial charge in [0.15, 0.2) is 0 Å². The molecule has 6 nitrogen and oxygen atoms in total. The van der Waals surface area contributed by atoms with Gasteiger partial charge in [-0.15, -0.1) is 0 Å². The van der Waals surface area contributed by atoms with Gasteiger partial charge in [-0.25, -0.2) is 4.79 Å². The monoisotopic (exact) mass is 234 g/mol. The molecule has 0 aromatic carbocycles. The van der Waals surface area contributed by atoms with Gasteiger partial charge < -0.3 is 18.9 Å². The Kier molecular flexibility index (Phi) is 6.67. The van der Waals surface area contributed by atoms with Crippen molar-refractivity contribution in [2.24, 2.45) is 0 Å². The van der Waals surface area contributed by atoms with E-state index < -0.39 is 11.8 Å². The summed E-state index contributed by atoms with van der Waals surface area (Å²) in [5.41, 5.74) is 0. The third kappa shape index (κ3) is 3.79. The lowest BCUT2D eigenvalue weighted by Gasteiger charge is -2.27. The van der Waals surface area contributed by atoms with Crippen LogP contribution in [0.25, 0.3) is 0 Å². The Morgan fingerprint density at radius 2 is 1.56 bits per heavy atom. The molecule has 0 bridgehead atoms. The van der Waals surface area contributed by atoms with Crippen LogP contribution in [-0.2, 0) is 28.5 Å². The summed E-state index contributed by atoms with van der Waals surface area (Å²) >= 11 is 0. The van der Waals surface area contributed by atoms with Crippen LogP contribution in [0.15, 0.2) is 0 Å². The summed E-state index contributed by atoms with van der Waals surface area (Å²) in [4.78, 5) is 22.3. The molecule has 0 aliphatic rings. The second kappa shape index (κ2) is 7.19. The molecule has 0 unspecified atom stereocenters. The van der Waals surface area contributed by atoms with E-state index in [0.29, 0.717) is 6.42 Å². The van der Waals surface area contributed by atoms with Crippen LogP contribution in [0.3, 0.4) is 0 Å². The Bertz CT molecular complexity index is 233. The molecule has 0 atom stereocenters. The molecule has 0 spiro atoms. The average molecular weight is 234 g/mol. The van der Waals surface area contributed by atoms with Crippen LogP contribution in [-0.4, -0.2) is 46.2 Å². The number of carbonyl (C=O) groups is 2. The minimum Gasteiger partial charge on any atom is -0.469 e. The van der Waals surface area contributed by atoms with Crippen molar-refractivity contribution in [3.63, 3.8) is 0 Å². The quantitative estimate of drug-likeness (QED) is 0.471. The van der Waals surface area contributed by atoms with Gasteiger partial charge in [-0.3, -0.25) is 4.79 Å². The van der Waals surface area contributed by atoms with Gasteiger partial charge in [-0.05, 0) is 6.42 Å². The zero-order valence-electron chi connectivity index (χ0n) is 10.1. The van der Waals surface area contributed by atoms with E-state index in [-0.39, 0.29) is 18.8 Å². The maximum atomic E-state index is 11.5. The second-order valence-corrected chi connectivity index (χ2v) is 3.08. The second-order valence-electron chi connectivity index (χ2n) is 3.08. The smallest absolute Gasteiger partial charge is 0.366 e. The van der Waals surface area contributed by atoms with Gasteiger partial charge in [-0.2, -0.15) is 0 Å². The zero-order chi connectivity index (χ0) is 12.6. The number of carbonyl (C=O) groups excluding carboxylic acids is 2. The van der Waals surface area contributed by atoms with E-state index in [1.807, 2.05) is 0 Å². The minimum atomic E-state index is -1.44. The highest BCUT2D eigenvalue weighted by Gasteiger charge is 2.39. The average Bonchev–Trinajstić information content (AvgIpc) is 2.33. The molecule has 0 amide bonds. The van der Waals surface area contributed by atoms with Crippen molar-refractivity contribution in [3.8, 4) is 0 Å². The van der Waals surface area contributed by atoms with Crippen LogP contribution in [0.5, 0.6) is 0 Å².